The lowest BCUT2D eigenvalue weighted by atomic mass is 9.83. The van der Waals surface area contributed by atoms with E-state index in [1.165, 1.54) is 25.9 Å². The Hall–Kier alpha value is 0.270. The van der Waals surface area contributed by atoms with E-state index in [4.69, 9.17) is 17.4 Å². The van der Waals surface area contributed by atoms with Gasteiger partial charge in [-0.05, 0) is 32.4 Å². The van der Waals surface area contributed by atoms with Crippen LogP contribution in [0.15, 0.2) is 0 Å². The third-order valence-electron chi connectivity index (χ3n) is 3.09. The summed E-state index contributed by atoms with van der Waals surface area (Å²) < 4.78 is 5.43. The van der Waals surface area contributed by atoms with Crippen molar-refractivity contribution in [2.45, 2.75) is 17.6 Å². The highest BCUT2D eigenvalue weighted by Gasteiger charge is 2.43. The first-order chi connectivity index (χ1) is 5.71. The molecule has 0 aromatic rings. The molecule has 2 saturated heterocycles. The molecule has 0 radical (unpaired) electrons. The molecular formula is C9H17NOS. The molecule has 2 nitrogen and oxygen atoms in total. The van der Waals surface area contributed by atoms with Gasteiger partial charge in [-0.25, -0.2) is 0 Å². The van der Waals surface area contributed by atoms with Crippen LogP contribution in [-0.2, 0) is 4.74 Å². The van der Waals surface area contributed by atoms with Gasteiger partial charge in [0.25, 0.3) is 0 Å². The topological polar surface area (TPSA) is 12.5 Å². The molecule has 0 amide bonds. The van der Waals surface area contributed by atoms with Gasteiger partial charge in [0.05, 0.1) is 18.0 Å². The second-order valence-corrected chi connectivity index (χ2v) is 5.09. The summed E-state index contributed by atoms with van der Waals surface area (Å²) >= 11 is 4.71. The van der Waals surface area contributed by atoms with E-state index in [9.17, 15) is 0 Å². The molecule has 2 aliphatic heterocycles. The Morgan fingerprint density at radius 2 is 2.25 bits per heavy atom. The van der Waals surface area contributed by atoms with Crippen molar-refractivity contribution in [1.82, 2.24) is 4.90 Å². The lowest BCUT2D eigenvalue weighted by Crippen LogP contribution is -2.55. The van der Waals surface area contributed by atoms with Crippen molar-refractivity contribution in [3.8, 4) is 0 Å². The third kappa shape index (κ3) is 1.50. The zero-order valence-corrected chi connectivity index (χ0v) is 8.52. The molecular weight excluding hydrogens is 170 g/mol. The average Bonchev–Trinajstić information content (AvgIpc) is 2.00. The fraction of sp³-hybridized carbons (Fsp3) is 1.00. The molecule has 0 aromatic heterocycles. The van der Waals surface area contributed by atoms with Crippen molar-refractivity contribution in [2.75, 3.05) is 33.4 Å². The summed E-state index contributed by atoms with van der Waals surface area (Å²) in [6.07, 6.45) is 2.65. The van der Waals surface area contributed by atoms with E-state index in [0.717, 1.165) is 19.1 Å². The van der Waals surface area contributed by atoms with Crippen molar-refractivity contribution in [3.05, 3.63) is 0 Å². The van der Waals surface area contributed by atoms with Crippen LogP contribution in [0.25, 0.3) is 0 Å². The van der Waals surface area contributed by atoms with E-state index in [0.29, 0.717) is 0 Å². The first-order valence-electron chi connectivity index (χ1n) is 4.69. The van der Waals surface area contributed by atoms with Crippen LogP contribution in [0.2, 0.25) is 0 Å². The van der Waals surface area contributed by atoms with Gasteiger partial charge in [0, 0.05) is 6.54 Å². The highest BCUT2D eigenvalue weighted by Crippen LogP contribution is 2.37. The Kier molecular flexibility index (Phi) is 2.36. The van der Waals surface area contributed by atoms with Crippen molar-refractivity contribution < 1.29 is 4.74 Å². The minimum absolute atomic E-state index is 0.203. The van der Waals surface area contributed by atoms with Gasteiger partial charge in [0.1, 0.15) is 0 Å². The maximum absolute atomic E-state index is 5.23. The quantitative estimate of drug-likeness (QED) is 0.616. The number of rotatable bonds is 1. The minimum atomic E-state index is 0.203. The smallest absolute Gasteiger partial charge is 0.0637 e. The SMILES string of the molecule is CN1CCCC(C2(S)COC2)C1. The average molecular weight is 187 g/mol. The number of thiol groups is 1. The molecule has 0 N–H and O–H groups in total. The molecule has 2 heterocycles. The van der Waals surface area contributed by atoms with E-state index in [1.807, 2.05) is 0 Å². The normalized spacial score (nSPS) is 36.0. The summed E-state index contributed by atoms with van der Waals surface area (Å²) in [4.78, 5) is 2.41. The van der Waals surface area contributed by atoms with Crippen LogP contribution in [0.1, 0.15) is 12.8 Å². The van der Waals surface area contributed by atoms with E-state index < -0.39 is 0 Å². The number of likely N-dealkylation sites (tertiary alicyclic amines) is 1. The van der Waals surface area contributed by atoms with Crippen LogP contribution in [0.5, 0.6) is 0 Å². The summed E-state index contributed by atoms with van der Waals surface area (Å²) in [5.41, 5.74) is 0. The Balaban J connectivity index is 1.94. The Labute approximate surface area is 79.7 Å². The second-order valence-electron chi connectivity index (χ2n) is 4.20. The fourth-order valence-corrected chi connectivity index (χ4v) is 2.55. The van der Waals surface area contributed by atoms with Crippen molar-refractivity contribution in [1.29, 1.82) is 0 Å². The molecule has 2 rings (SSSR count). The van der Waals surface area contributed by atoms with E-state index >= 15 is 0 Å². The number of ether oxygens (including phenoxy) is 1. The number of nitrogens with zero attached hydrogens (tertiary/aromatic N) is 1. The Morgan fingerprint density at radius 1 is 1.50 bits per heavy atom. The van der Waals surface area contributed by atoms with Gasteiger partial charge in [0.15, 0.2) is 0 Å². The van der Waals surface area contributed by atoms with Crippen LogP contribution >= 0.6 is 12.6 Å². The van der Waals surface area contributed by atoms with Crippen molar-refractivity contribution in [3.63, 3.8) is 0 Å². The van der Waals surface area contributed by atoms with Gasteiger partial charge < -0.3 is 9.64 Å². The van der Waals surface area contributed by atoms with E-state index in [2.05, 4.69) is 11.9 Å². The highest BCUT2D eigenvalue weighted by molar-refractivity contribution is 7.82. The molecule has 3 heteroatoms. The van der Waals surface area contributed by atoms with Crippen LogP contribution in [0, 0.1) is 5.92 Å². The van der Waals surface area contributed by atoms with Gasteiger partial charge in [-0.15, -0.1) is 0 Å². The summed E-state index contributed by atoms with van der Waals surface area (Å²) in [5, 5.41) is 0. The highest BCUT2D eigenvalue weighted by atomic mass is 32.1. The summed E-state index contributed by atoms with van der Waals surface area (Å²) in [6, 6.07) is 0. The molecule has 0 aromatic carbocycles. The Bertz CT molecular complexity index is 170. The van der Waals surface area contributed by atoms with Gasteiger partial charge in [-0.2, -0.15) is 12.6 Å². The molecule has 0 aliphatic carbocycles. The third-order valence-corrected chi connectivity index (χ3v) is 3.71. The second kappa shape index (κ2) is 3.20. The lowest BCUT2D eigenvalue weighted by Gasteiger charge is -2.46. The number of hydrogen-bond acceptors (Lipinski definition) is 3. The van der Waals surface area contributed by atoms with Crippen LogP contribution in [0.4, 0.5) is 0 Å². The van der Waals surface area contributed by atoms with Gasteiger partial charge >= 0.3 is 0 Å². The minimum Gasteiger partial charge on any atom is -0.378 e. The number of piperidine rings is 1. The predicted molar refractivity (Wildman–Crippen MR) is 52.8 cm³/mol. The molecule has 70 valence electrons. The van der Waals surface area contributed by atoms with Crippen LogP contribution < -0.4 is 0 Å². The Morgan fingerprint density at radius 3 is 2.75 bits per heavy atom. The van der Waals surface area contributed by atoms with Crippen LogP contribution in [-0.4, -0.2) is 43.0 Å². The van der Waals surface area contributed by atoms with Crippen LogP contribution in [0.3, 0.4) is 0 Å². The molecule has 2 fully saturated rings. The summed E-state index contributed by atoms with van der Waals surface area (Å²) in [6.45, 7) is 4.16. The molecule has 0 bridgehead atoms. The van der Waals surface area contributed by atoms with Gasteiger partial charge in [-0.1, -0.05) is 0 Å². The number of hydrogen-bond donors (Lipinski definition) is 1. The summed E-state index contributed by atoms with van der Waals surface area (Å²) in [5.74, 6) is 0.744. The summed E-state index contributed by atoms with van der Waals surface area (Å²) in [7, 11) is 2.20. The molecule has 12 heavy (non-hydrogen) atoms. The van der Waals surface area contributed by atoms with Gasteiger partial charge in [0.2, 0.25) is 0 Å². The fourth-order valence-electron chi connectivity index (χ4n) is 2.15. The standard InChI is InChI=1S/C9H17NOS/c1-10-4-2-3-8(5-10)9(12)6-11-7-9/h8,12H,2-7H2,1H3. The molecule has 0 spiro atoms. The maximum atomic E-state index is 5.23. The van der Waals surface area contributed by atoms with E-state index in [1.54, 1.807) is 0 Å². The molecule has 1 atom stereocenters. The maximum Gasteiger partial charge on any atom is 0.0637 e. The predicted octanol–water partition coefficient (Wildman–Crippen LogP) is 1.03. The molecule has 1 unspecified atom stereocenters. The van der Waals surface area contributed by atoms with Crippen molar-refractivity contribution in [2.24, 2.45) is 5.92 Å². The van der Waals surface area contributed by atoms with Gasteiger partial charge in [-0.3, -0.25) is 0 Å². The first-order valence-corrected chi connectivity index (χ1v) is 5.14. The monoisotopic (exact) mass is 187 g/mol. The zero-order chi connectivity index (χ0) is 8.60. The largest absolute Gasteiger partial charge is 0.378 e. The van der Waals surface area contributed by atoms with Crippen molar-refractivity contribution >= 4 is 12.6 Å². The van der Waals surface area contributed by atoms with E-state index in [-0.39, 0.29) is 4.75 Å². The zero-order valence-electron chi connectivity index (χ0n) is 7.62. The molecule has 2 aliphatic rings. The lowest BCUT2D eigenvalue weighted by molar-refractivity contribution is -0.0470. The first kappa shape index (κ1) is 8.85. The molecule has 0 saturated carbocycles.